The zero-order chi connectivity index (χ0) is 18.4. The van der Waals surface area contributed by atoms with Crippen LogP contribution in [-0.4, -0.2) is 36.7 Å². The first-order chi connectivity index (χ1) is 11.9. The van der Waals surface area contributed by atoms with Gasteiger partial charge in [0.05, 0.1) is 0 Å². The van der Waals surface area contributed by atoms with Crippen molar-refractivity contribution in [2.75, 3.05) is 19.4 Å². The lowest BCUT2D eigenvalue weighted by Gasteiger charge is -2.18. The largest absolute Gasteiger partial charge is 0.355 e. The Balaban J connectivity index is 2.02. The summed E-state index contributed by atoms with van der Waals surface area (Å²) >= 11 is 0. The minimum atomic E-state index is -0.156. The van der Waals surface area contributed by atoms with Crippen LogP contribution in [0.5, 0.6) is 0 Å². The Bertz CT molecular complexity index is 768. The highest BCUT2D eigenvalue weighted by atomic mass is 16.2. The molecule has 0 bridgehead atoms. The minimum absolute atomic E-state index is 0.121. The molecular formula is C19H21N3O3. The highest BCUT2D eigenvalue weighted by Crippen LogP contribution is 2.13. The zero-order valence-corrected chi connectivity index (χ0v) is 14.5. The zero-order valence-electron chi connectivity index (χ0n) is 14.5. The predicted octanol–water partition coefficient (Wildman–Crippen LogP) is 2.28. The molecule has 0 aliphatic heterocycles. The molecule has 0 aromatic heterocycles. The van der Waals surface area contributed by atoms with Gasteiger partial charge in [-0.3, -0.25) is 14.4 Å². The molecule has 2 aromatic rings. The van der Waals surface area contributed by atoms with Gasteiger partial charge in [-0.2, -0.15) is 0 Å². The second kappa shape index (κ2) is 8.10. The lowest BCUT2D eigenvalue weighted by molar-refractivity contribution is -0.114. The van der Waals surface area contributed by atoms with Gasteiger partial charge in [-0.25, -0.2) is 0 Å². The lowest BCUT2D eigenvalue weighted by Crippen LogP contribution is -2.26. The summed E-state index contributed by atoms with van der Waals surface area (Å²) in [6.45, 7) is 1.86. The fourth-order valence-corrected chi connectivity index (χ4v) is 2.37. The van der Waals surface area contributed by atoms with Gasteiger partial charge in [0.1, 0.15) is 0 Å². The molecule has 25 heavy (non-hydrogen) atoms. The van der Waals surface area contributed by atoms with Crippen LogP contribution >= 0.6 is 0 Å². The maximum absolute atomic E-state index is 12.5. The first-order valence-corrected chi connectivity index (χ1v) is 7.85. The average Bonchev–Trinajstić information content (AvgIpc) is 2.61. The van der Waals surface area contributed by atoms with Crippen LogP contribution < -0.4 is 10.6 Å². The van der Waals surface area contributed by atoms with E-state index in [0.717, 1.165) is 5.56 Å². The van der Waals surface area contributed by atoms with Crippen LogP contribution in [0.3, 0.4) is 0 Å². The Hall–Kier alpha value is -3.15. The maximum Gasteiger partial charge on any atom is 0.253 e. The number of amides is 3. The standard InChI is InChI=1S/C19H21N3O3/c1-13(23)21-17-10-8-16(9-11-17)19(25)22(3)12-14-4-6-15(7-5-14)18(24)20-2/h4-11H,12H2,1-3H3,(H,20,24)(H,21,23). The number of anilines is 1. The molecule has 0 radical (unpaired) electrons. The minimum Gasteiger partial charge on any atom is -0.355 e. The summed E-state index contributed by atoms with van der Waals surface area (Å²) < 4.78 is 0. The van der Waals surface area contributed by atoms with Gasteiger partial charge in [0, 0.05) is 44.4 Å². The van der Waals surface area contributed by atoms with Crippen LogP contribution in [0.25, 0.3) is 0 Å². The van der Waals surface area contributed by atoms with Gasteiger partial charge in [0.2, 0.25) is 5.91 Å². The molecule has 2 aromatic carbocycles. The Labute approximate surface area is 146 Å². The molecule has 0 saturated carbocycles. The molecule has 0 heterocycles. The van der Waals surface area contributed by atoms with Crippen LogP contribution in [0.15, 0.2) is 48.5 Å². The molecule has 0 fully saturated rings. The second-order valence-electron chi connectivity index (χ2n) is 5.70. The van der Waals surface area contributed by atoms with Crippen molar-refractivity contribution in [3.05, 3.63) is 65.2 Å². The quantitative estimate of drug-likeness (QED) is 0.877. The second-order valence-corrected chi connectivity index (χ2v) is 5.70. The van der Waals surface area contributed by atoms with E-state index in [4.69, 9.17) is 0 Å². The van der Waals surface area contributed by atoms with Gasteiger partial charge in [-0.15, -0.1) is 0 Å². The molecule has 0 aliphatic rings. The molecule has 0 unspecified atom stereocenters. The maximum atomic E-state index is 12.5. The summed E-state index contributed by atoms with van der Waals surface area (Å²) in [4.78, 5) is 36.6. The van der Waals surface area contributed by atoms with Crippen LogP contribution in [0.4, 0.5) is 5.69 Å². The number of carbonyl (C=O) groups is 3. The number of rotatable bonds is 5. The molecule has 3 amide bonds. The molecule has 2 N–H and O–H groups in total. The van der Waals surface area contributed by atoms with Crippen molar-refractivity contribution < 1.29 is 14.4 Å². The van der Waals surface area contributed by atoms with E-state index in [9.17, 15) is 14.4 Å². The van der Waals surface area contributed by atoms with Crippen LogP contribution in [-0.2, 0) is 11.3 Å². The van der Waals surface area contributed by atoms with Crippen LogP contribution in [0.2, 0.25) is 0 Å². The highest BCUT2D eigenvalue weighted by molar-refractivity contribution is 5.95. The Kier molecular flexibility index (Phi) is 5.89. The van der Waals surface area contributed by atoms with E-state index in [1.54, 1.807) is 55.4 Å². The van der Waals surface area contributed by atoms with Gasteiger partial charge < -0.3 is 15.5 Å². The van der Waals surface area contributed by atoms with Crippen molar-refractivity contribution in [3.8, 4) is 0 Å². The van der Waals surface area contributed by atoms with Crippen molar-refractivity contribution >= 4 is 23.4 Å². The van der Waals surface area contributed by atoms with E-state index in [0.29, 0.717) is 23.4 Å². The van der Waals surface area contributed by atoms with Gasteiger partial charge in [-0.1, -0.05) is 12.1 Å². The summed E-state index contributed by atoms with van der Waals surface area (Å²) in [7, 11) is 3.30. The Morgan fingerprint density at radius 3 is 2.00 bits per heavy atom. The van der Waals surface area contributed by atoms with Crippen molar-refractivity contribution in [1.29, 1.82) is 0 Å². The highest BCUT2D eigenvalue weighted by Gasteiger charge is 2.12. The van der Waals surface area contributed by atoms with E-state index in [1.165, 1.54) is 6.92 Å². The molecule has 2 rings (SSSR count). The number of hydrogen-bond acceptors (Lipinski definition) is 3. The third-order valence-electron chi connectivity index (χ3n) is 3.66. The summed E-state index contributed by atoms with van der Waals surface area (Å²) in [5.41, 5.74) is 2.70. The number of nitrogens with zero attached hydrogens (tertiary/aromatic N) is 1. The fourth-order valence-electron chi connectivity index (χ4n) is 2.37. The van der Waals surface area contributed by atoms with E-state index >= 15 is 0 Å². The van der Waals surface area contributed by atoms with E-state index in [2.05, 4.69) is 10.6 Å². The van der Waals surface area contributed by atoms with E-state index in [-0.39, 0.29) is 17.7 Å². The summed E-state index contributed by atoms with van der Waals surface area (Å²) in [6.07, 6.45) is 0. The third kappa shape index (κ3) is 4.91. The molecule has 0 atom stereocenters. The monoisotopic (exact) mass is 339 g/mol. The van der Waals surface area contributed by atoms with Crippen LogP contribution in [0.1, 0.15) is 33.2 Å². The molecular weight excluding hydrogens is 318 g/mol. The van der Waals surface area contributed by atoms with Gasteiger partial charge >= 0.3 is 0 Å². The normalized spacial score (nSPS) is 10.0. The average molecular weight is 339 g/mol. The van der Waals surface area contributed by atoms with E-state index in [1.807, 2.05) is 12.1 Å². The molecule has 0 spiro atoms. The third-order valence-corrected chi connectivity index (χ3v) is 3.66. The molecule has 6 nitrogen and oxygen atoms in total. The van der Waals surface area contributed by atoms with Crippen molar-refractivity contribution in [1.82, 2.24) is 10.2 Å². The molecule has 130 valence electrons. The first-order valence-electron chi connectivity index (χ1n) is 7.85. The van der Waals surface area contributed by atoms with Gasteiger partial charge in [0.25, 0.3) is 11.8 Å². The molecule has 0 aliphatic carbocycles. The SMILES string of the molecule is CNC(=O)c1ccc(CN(C)C(=O)c2ccc(NC(C)=O)cc2)cc1. The smallest absolute Gasteiger partial charge is 0.253 e. The van der Waals surface area contributed by atoms with Crippen molar-refractivity contribution in [3.63, 3.8) is 0 Å². The molecule has 6 heteroatoms. The molecule has 0 saturated heterocycles. The van der Waals surface area contributed by atoms with Gasteiger partial charge in [-0.05, 0) is 42.0 Å². The van der Waals surface area contributed by atoms with Crippen LogP contribution in [0, 0.1) is 0 Å². The first kappa shape index (κ1) is 18.2. The fraction of sp³-hybridized carbons (Fsp3) is 0.211. The lowest BCUT2D eigenvalue weighted by atomic mass is 10.1. The Morgan fingerprint density at radius 1 is 0.920 bits per heavy atom. The topological polar surface area (TPSA) is 78.5 Å². The predicted molar refractivity (Wildman–Crippen MR) is 96.4 cm³/mol. The Morgan fingerprint density at radius 2 is 1.48 bits per heavy atom. The summed E-state index contributed by atoms with van der Waals surface area (Å²) in [5, 5.41) is 5.23. The van der Waals surface area contributed by atoms with Gasteiger partial charge in [0.15, 0.2) is 0 Å². The number of nitrogens with one attached hydrogen (secondary N) is 2. The number of carbonyl (C=O) groups excluding carboxylic acids is 3. The van der Waals surface area contributed by atoms with E-state index < -0.39 is 0 Å². The summed E-state index contributed by atoms with van der Waals surface area (Å²) in [5.74, 6) is -0.420. The van der Waals surface area contributed by atoms with Crippen molar-refractivity contribution in [2.24, 2.45) is 0 Å². The number of hydrogen-bond donors (Lipinski definition) is 2. The van der Waals surface area contributed by atoms with Crippen molar-refractivity contribution in [2.45, 2.75) is 13.5 Å². The summed E-state index contributed by atoms with van der Waals surface area (Å²) in [6, 6.07) is 13.9. The number of benzene rings is 2.